The summed E-state index contributed by atoms with van der Waals surface area (Å²) < 4.78 is 0. The van der Waals surface area contributed by atoms with E-state index in [1.54, 1.807) is 55.5 Å². The number of benzene rings is 2. The van der Waals surface area contributed by atoms with Crippen molar-refractivity contribution in [2.45, 2.75) is 38.1 Å². The number of hydrogen-bond acceptors (Lipinski definition) is 3. The van der Waals surface area contributed by atoms with Crippen molar-refractivity contribution < 1.29 is 19.5 Å². The summed E-state index contributed by atoms with van der Waals surface area (Å²) in [5, 5.41) is 15.2. The first-order valence-corrected chi connectivity index (χ1v) is 9.41. The molecule has 0 heterocycles. The number of carboxylic acids is 1. The maximum Gasteiger partial charge on any atom is 0.308 e. The highest BCUT2D eigenvalue weighted by Crippen LogP contribution is 2.34. The summed E-state index contributed by atoms with van der Waals surface area (Å²) in [5.74, 6) is -2.00. The monoisotopic (exact) mass is 380 g/mol. The van der Waals surface area contributed by atoms with E-state index in [0.29, 0.717) is 29.7 Å². The van der Waals surface area contributed by atoms with Crippen LogP contribution in [0, 0.1) is 5.92 Å². The van der Waals surface area contributed by atoms with E-state index < -0.39 is 17.4 Å². The summed E-state index contributed by atoms with van der Waals surface area (Å²) >= 11 is 0. The SMILES string of the molecule is CC1(NC(=O)c2ccc(NC(=O)c3ccccc3)cc2)CCCCC1C(=O)O. The summed E-state index contributed by atoms with van der Waals surface area (Å²) in [7, 11) is 0. The van der Waals surface area contributed by atoms with Gasteiger partial charge in [0, 0.05) is 16.8 Å². The van der Waals surface area contributed by atoms with Gasteiger partial charge in [-0.1, -0.05) is 31.0 Å². The van der Waals surface area contributed by atoms with Crippen molar-refractivity contribution in [3.8, 4) is 0 Å². The van der Waals surface area contributed by atoms with Gasteiger partial charge in [0.05, 0.1) is 11.5 Å². The molecule has 0 radical (unpaired) electrons. The quantitative estimate of drug-likeness (QED) is 0.737. The lowest BCUT2D eigenvalue weighted by Gasteiger charge is -2.39. The van der Waals surface area contributed by atoms with Crippen molar-refractivity contribution in [2.24, 2.45) is 5.92 Å². The number of carboxylic acid groups (broad SMARTS) is 1. The molecule has 1 aliphatic carbocycles. The predicted molar refractivity (Wildman–Crippen MR) is 106 cm³/mol. The fourth-order valence-corrected chi connectivity index (χ4v) is 3.71. The Kier molecular flexibility index (Phi) is 5.78. The van der Waals surface area contributed by atoms with Gasteiger partial charge in [-0.3, -0.25) is 14.4 Å². The van der Waals surface area contributed by atoms with Gasteiger partial charge in [-0.25, -0.2) is 0 Å². The summed E-state index contributed by atoms with van der Waals surface area (Å²) in [6, 6.07) is 15.4. The van der Waals surface area contributed by atoms with E-state index in [-0.39, 0.29) is 11.8 Å². The number of aliphatic carboxylic acids is 1. The van der Waals surface area contributed by atoms with Crippen molar-refractivity contribution >= 4 is 23.5 Å². The lowest BCUT2D eigenvalue weighted by atomic mass is 9.73. The lowest BCUT2D eigenvalue weighted by Crippen LogP contribution is -2.55. The van der Waals surface area contributed by atoms with Gasteiger partial charge in [0.2, 0.25) is 0 Å². The average molecular weight is 380 g/mol. The van der Waals surface area contributed by atoms with Gasteiger partial charge >= 0.3 is 5.97 Å². The van der Waals surface area contributed by atoms with Crippen molar-refractivity contribution in [1.82, 2.24) is 5.32 Å². The molecule has 2 aromatic rings. The second-order valence-corrected chi connectivity index (χ2v) is 7.41. The molecule has 1 fully saturated rings. The highest BCUT2D eigenvalue weighted by atomic mass is 16.4. The molecule has 6 nitrogen and oxygen atoms in total. The molecular weight excluding hydrogens is 356 g/mol. The summed E-state index contributed by atoms with van der Waals surface area (Å²) in [5.41, 5.74) is 0.794. The summed E-state index contributed by atoms with van der Waals surface area (Å²) in [6.45, 7) is 1.80. The summed E-state index contributed by atoms with van der Waals surface area (Å²) in [6.07, 6.45) is 2.96. The van der Waals surface area contributed by atoms with E-state index in [4.69, 9.17) is 0 Å². The minimum absolute atomic E-state index is 0.225. The van der Waals surface area contributed by atoms with Crippen molar-refractivity contribution in [3.63, 3.8) is 0 Å². The zero-order valence-corrected chi connectivity index (χ0v) is 15.8. The number of carbonyl (C=O) groups excluding carboxylic acids is 2. The van der Waals surface area contributed by atoms with Crippen LogP contribution in [0.4, 0.5) is 5.69 Å². The van der Waals surface area contributed by atoms with Crippen LogP contribution in [0.15, 0.2) is 54.6 Å². The Morgan fingerprint density at radius 2 is 1.57 bits per heavy atom. The Hall–Kier alpha value is -3.15. The maximum atomic E-state index is 12.6. The molecule has 2 atom stereocenters. The van der Waals surface area contributed by atoms with Crippen LogP contribution in [0.2, 0.25) is 0 Å². The fraction of sp³-hybridized carbons (Fsp3) is 0.318. The van der Waals surface area contributed by atoms with Gasteiger partial charge < -0.3 is 15.7 Å². The van der Waals surface area contributed by atoms with Crippen LogP contribution in [-0.4, -0.2) is 28.4 Å². The molecule has 0 saturated heterocycles. The van der Waals surface area contributed by atoms with Crippen LogP contribution in [0.3, 0.4) is 0 Å². The fourth-order valence-electron chi connectivity index (χ4n) is 3.71. The Bertz CT molecular complexity index is 864. The third-order valence-corrected chi connectivity index (χ3v) is 5.35. The van der Waals surface area contributed by atoms with E-state index in [9.17, 15) is 19.5 Å². The Balaban J connectivity index is 1.66. The molecule has 6 heteroatoms. The minimum Gasteiger partial charge on any atom is -0.481 e. The molecule has 3 N–H and O–H groups in total. The van der Waals surface area contributed by atoms with Crippen LogP contribution in [0.1, 0.15) is 53.3 Å². The second-order valence-electron chi connectivity index (χ2n) is 7.41. The third-order valence-electron chi connectivity index (χ3n) is 5.35. The van der Waals surface area contributed by atoms with E-state index in [1.807, 2.05) is 6.07 Å². The molecule has 3 rings (SSSR count). The molecule has 146 valence electrons. The highest BCUT2D eigenvalue weighted by Gasteiger charge is 2.42. The second kappa shape index (κ2) is 8.25. The topological polar surface area (TPSA) is 95.5 Å². The largest absolute Gasteiger partial charge is 0.481 e. The zero-order valence-electron chi connectivity index (χ0n) is 15.8. The first kappa shape index (κ1) is 19.6. The Morgan fingerprint density at radius 1 is 0.929 bits per heavy atom. The van der Waals surface area contributed by atoms with Gasteiger partial charge in [-0.05, 0) is 56.2 Å². The van der Waals surface area contributed by atoms with Crippen molar-refractivity contribution in [2.75, 3.05) is 5.32 Å². The van der Waals surface area contributed by atoms with Gasteiger partial charge in [-0.15, -0.1) is 0 Å². The number of carbonyl (C=O) groups is 3. The molecule has 1 saturated carbocycles. The zero-order chi connectivity index (χ0) is 20.1. The molecule has 0 bridgehead atoms. The highest BCUT2D eigenvalue weighted by molar-refractivity contribution is 6.04. The van der Waals surface area contributed by atoms with Crippen LogP contribution in [0.25, 0.3) is 0 Å². The Morgan fingerprint density at radius 3 is 2.21 bits per heavy atom. The van der Waals surface area contributed by atoms with Crippen molar-refractivity contribution in [1.29, 1.82) is 0 Å². The average Bonchev–Trinajstić information content (AvgIpc) is 2.69. The number of amides is 2. The predicted octanol–water partition coefficient (Wildman–Crippen LogP) is 3.70. The molecule has 2 unspecified atom stereocenters. The number of anilines is 1. The van der Waals surface area contributed by atoms with E-state index >= 15 is 0 Å². The van der Waals surface area contributed by atoms with E-state index in [0.717, 1.165) is 12.8 Å². The standard InChI is InChI=1S/C22H24N2O4/c1-22(14-6-5-9-18(22)21(27)28)24-20(26)16-10-12-17(13-11-16)23-19(25)15-7-3-2-4-8-15/h2-4,7-8,10-13,18H,5-6,9,14H2,1H3,(H,23,25)(H,24,26)(H,27,28). The molecule has 0 spiro atoms. The van der Waals surface area contributed by atoms with Crippen LogP contribution in [-0.2, 0) is 4.79 Å². The Labute approximate surface area is 164 Å². The first-order chi connectivity index (χ1) is 13.4. The molecule has 2 aromatic carbocycles. The van der Waals surface area contributed by atoms with Gasteiger partial charge in [-0.2, -0.15) is 0 Å². The molecule has 0 aromatic heterocycles. The van der Waals surface area contributed by atoms with Crippen molar-refractivity contribution in [3.05, 3.63) is 65.7 Å². The van der Waals surface area contributed by atoms with Crippen LogP contribution in [0.5, 0.6) is 0 Å². The molecule has 28 heavy (non-hydrogen) atoms. The third kappa shape index (κ3) is 4.39. The number of hydrogen-bond donors (Lipinski definition) is 3. The lowest BCUT2D eigenvalue weighted by molar-refractivity contribution is -0.145. The van der Waals surface area contributed by atoms with Gasteiger partial charge in [0.1, 0.15) is 0 Å². The smallest absolute Gasteiger partial charge is 0.308 e. The molecular formula is C22H24N2O4. The summed E-state index contributed by atoms with van der Waals surface area (Å²) in [4.78, 5) is 36.4. The first-order valence-electron chi connectivity index (χ1n) is 9.41. The normalized spacial score (nSPS) is 21.5. The maximum absolute atomic E-state index is 12.6. The van der Waals surface area contributed by atoms with Gasteiger partial charge in [0.25, 0.3) is 11.8 Å². The molecule has 1 aliphatic rings. The minimum atomic E-state index is -0.874. The number of nitrogens with one attached hydrogen (secondary N) is 2. The van der Waals surface area contributed by atoms with E-state index in [2.05, 4.69) is 10.6 Å². The molecule has 0 aliphatic heterocycles. The van der Waals surface area contributed by atoms with Crippen LogP contribution < -0.4 is 10.6 Å². The molecule has 2 amide bonds. The number of rotatable bonds is 5. The van der Waals surface area contributed by atoms with Gasteiger partial charge in [0.15, 0.2) is 0 Å². The van der Waals surface area contributed by atoms with Crippen LogP contribution >= 0.6 is 0 Å². The van der Waals surface area contributed by atoms with E-state index in [1.165, 1.54) is 0 Å².